The molecule has 3 N–H and O–H groups in total. The number of halogens is 3. The monoisotopic (exact) mass is 455 g/mol. The van der Waals surface area contributed by atoms with Gasteiger partial charge in [-0.05, 0) is 25.8 Å². The molecule has 1 aromatic heterocycles. The van der Waals surface area contributed by atoms with Crippen molar-refractivity contribution in [1.29, 1.82) is 0 Å². The first-order valence-electron chi connectivity index (χ1n) is 10.3. The number of aromatic nitrogens is 1. The van der Waals surface area contributed by atoms with Crippen LogP contribution in [-0.4, -0.2) is 77.6 Å². The number of anilines is 2. The standard InChI is InChI=1S/C20H24F3N5O4/c1-11-8-27(4-5-28(11)18(31)19(2-3-19)20(21,22)23)17(30)16(29)26-13-6-14(12-9-32-10-12)15(24)25-7-13/h6-7,11-12H,2-5,8-10H2,1H3,(H2,24,25)(H,26,29). The summed E-state index contributed by atoms with van der Waals surface area (Å²) in [5, 5.41) is 2.49. The molecule has 0 spiro atoms. The van der Waals surface area contributed by atoms with Crippen LogP contribution in [0.4, 0.5) is 24.7 Å². The van der Waals surface area contributed by atoms with Crippen LogP contribution >= 0.6 is 0 Å². The molecule has 1 saturated carbocycles. The molecular weight excluding hydrogens is 431 g/mol. The van der Waals surface area contributed by atoms with Crippen LogP contribution in [0.1, 0.15) is 31.2 Å². The van der Waals surface area contributed by atoms with E-state index in [1.807, 2.05) is 0 Å². The average Bonchev–Trinajstić information content (AvgIpc) is 3.50. The van der Waals surface area contributed by atoms with Crippen molar-refractivity contribution in [1.82, 2.24) is 14.8 Å². The summed E-state index contributed by atoms with van der Waals surface area (Å²) >= 11 is 0. The first-order valence-corrected chi connectivity index (χ1v) is 10.3. The highest BCUT2D eigenvalue weighted by Gasteiger charge is 2.69. The summed E-state index contributed by atoms with van der Waals surface area (Å²) in [4.78, 5) is 44.1. The Bertz CT molecular complexity index is 946. The van der Waals surface area contributed by atoms with Crippen molar-refractivity contribution in [3.63, 3.8) is 0 Å². The van der Waals surface area contributed by atoms with Gasteiger partial charge in [-0.2, -0.15) is 13.2 Å². The molecule has 0 bridgehead atoms. The number of ether oxygens (including phenoxy) is 1. The van der Waals surface area contributed by atoms with Crippen molar-refractivity contribution in [3.8, 4) is 0 Å². The van der Waals surface area contributed by atoms with Gasteiger partial charge in [-0.25, -0.2) is 4.98 Å². The lowest BCUT2D eigenvalue weighted by Crippen LogP contribution is -2.59. The zero-order valence-electron chi connectivity index (χ0n) is 17.4. The van der Waals surface area contributed by atoms with Gasteiger partial charge in [0.05, 0.1) is 25.1 Å². The number of pyridine rings is 1. The maximum atomic E-state index is 13.3. The summed E-state index contributed by atoms with van der Waals surface area (Å²) in [6.45, 7) is 2.44. The third-order valence-electron chi connectivity index (χ3n) is 6.36. The van der Waals surface area contributed by atoms with Gasteiger partial charge in [-0.1, -0.05) is 0 Å². The molecule has 12 heteroatoms. The van der Waals surface area contributed by atoms with E-state index in [1.54, 1.807) is 13.0 Å². The topological polar surface area (TPSA) is 118 Å². The van der Waals surface area contributed by atoms with E-state index in [0.29, 0.717) is 24.7 Å². The van der Waals surface area contributed by atoms with E-state index < -0.39 is 35.4 Å². The lowest BCUT2D eigenvalue weighted by atomic mass is 9.98. The van der Waals surface area contributed by atoms with Crippen molar-refractivity contribution in [3.05, 3.63) is 17.8 Å². The minimum atomic E-state index is -4.59. The fraction of sp³-hybridized carbons (Fsp3) is 0.600. The number of nitrogens with two attached hydrogens (primary N) is 1. The Morgan fingerprint density at radius 1 is 1.25 bits per heavy atom. The van der Waals surface area contributed by atoms with Gasteiger partial charge in [-0.3, -0.25) is 14.4 Å². The Morgan fingerprint density at radius 2 is 1.94 bits per heavy atom. The lowest BCUT2D eigenvalue weighted by Gasteiger charge is -2.41. The summed E-state index contributed by atoms with van der Waals surface area (Å²) in [7, 11) is 0. The molecule has 174 valence electrons. The fourth-order valence-corrected chi connectivity index (χ4v) is 4.09. The van der Waals surface area contributed by atoms with Crippen LogP contribution in [0.5, 0.6) is 0 Å². The maximum Gasteiger partial charge on any atom is 0.403 e. The molecule has 2 aliphatic heterocycles. The van der Waals surface area contributed by atoms with E-state index in [2.05, 4.69) is 10.3 Å². The minimum absolute atomic E-state index is 0.0269. The highest BCUT2D eigenvalue weighted by molar-refractivity contribution is 6.39. The maximum absolute atomic E-state index is 13.3. The van der Waals surface area contributed by atoms with Crippen LogP contribution in [0.15, 0.2) is 12.3 Å². The summed E-state index contributed by atoms with van der Waals surface area (Å²) in [5.41, 5.74) is 4.60. The van der Waals surface area contributed by atoms with Gasteiger partial charge in [0, 0.05) is 37.2 Å². The second kappa shape index (κ2) is 7.91. The van der Waals surface area contributed by atoms with Gasteiger partial charge in [0.15, 0.2) is 0 Å². The van der Waals surface area contributed by atoms with E-state index in [4.69, 9.17) is 10.5 Å². The number of rotatable bonds is 3. The fourth-order valence-electron chi connectivity index (χ4n) is 4.09. The highest BCUT2D eigenvalue weighted by Crippen LogP contribution is 2.58. The van der Waals surface area contributed by atoms with E-state index in [-0.39, 0.29) is 38.4 Å². The van der Waals surface area contributed by atoms with Crippen molar-refractivity contribution in [2.75, 3.05) is 43.9 Å². The van der Waals surface area contributed by atoms with Crippen LogP contribution in [0.25, 0.3) is 0 Å². The van der Waals surface area contributed by atoms with E-state index in [9.17, 15) is 27.6 Å². The predicted octanol–water partition coefficient (Wildman–Crippen LogP) is 1.12. The SMILES string of the molecule is CC1CN(C(=O)C(=O)Nc2cnc(N)c(C3COC3)c2)CCN1C(=O)C1(C(F)(F)F)CC1. The molecule has 0 radical (unpaired) electrons. The highest BCUT2D eigenvalue weighted by atomic mass is 19.4. The summed E-state index contributed by atoms with van der Waals surface area (Å²) in [6.07, 6.45) is -3.67. The Morgan fingerprint density at radius 3 is 2.47 bits per heavy atom. The van der Waals surface area contributed by atoms with Crippen LogP contribution in [-0.2, 0) is 19.1 Å². The van der Waals surface area contributed by atoms with Crippen molar-refractivity contribution in [2.24, 2.45) is 5.41 Å². The largest absolute Gasteiger partial charge is 0.403 e. The minimum Gasteiger partial charge on any atom is -0.383 e. The van der Waals surface area contributed by atoms with Crippen LogP contribution in [0, 0.1) is 5.41 Å². The molecule has 32 heavy (non-hydrogen) atoms. The van der Waals surface area contributed by atoms with Gasteiger partial charge in [0.25, 0.3) is 0 Å². The summed E-state index contributed by atoms with van der Waals surface area (Å²) in [6, 6.07) is 1.00. The number of hydrogen-bond donors (Lipinski definition) is 2. The number of nitrogen functional groups attached to an aromatic ring is 1. The molecular formula is C20H24F3N5O4. The van der Waals surface area contributed by atoms with Gasteiger partial charge in [0.1, 0.15) is 11.2 Å². The Labute approximate surface area is 182 Å². The first kappa shape index (κ1) is 22.3. The van der Waals surface area contributed by atoms with Gasteiger partial charge >= 0.3 is 18.0 Å². The Kier molecular flexibility index (Phi) is 5.51. The second-order valence-corrected chi connectivity index (χ2v) is 8.57. The third-order valence-corrected chi connectivity index (χ3v) is 6.36. The van der Waals surface area contributed by atoms with Crippen LogP contribution in [0.3, 0.4) is 0 Å². The van der Waals surface area contributed by atoms with Crippen molar-refractivity contribution < 1.29 is 32.3 Å². The number of hydrogen-bond acceptors (Lipinski definition) is 6. The molecule has 1 unspecified atom stereocenters. The molecule has 1 aromatic rings. The Balaban J connectivity index is 1.37. The Hall–Kier alpha value is -2.89. The number of amides is 3. The summed E-state index contributed by atoms with van der Waals surface area (Å²) < 4.78 is 45.0. The molecule has 3 amide bonds. The molecule has 0 aromatic carbocycles. The molecule has 1 atom stereocenters. The number of alkyl halides is 3. The zero-order chi connectivity index (χ0) is 23.3. The average molecular weight is 455 g/mol. The lowest BCUT2D eigenvalue weighted by molar-refractivity contribution is -0.201. The molecule has 9 nitrogen and oxygen atoms in total. The molecule has 3 fully saturated rings. The van der Waals surface area contributed by atoms with Crippen LogP contribution in [0.2, 0.25) is 0 Å². The summed E-state index contributed by atoms with van der Waals surface area (Å²) in [5.74, 6) is -2.27. The van der Waals surface area contributed by atoms with E-state index in [0.717, 1.165) is 5.56 Å². The molecule has 1 aliphatic carbocycles. The smallest absolute Gasteiger partial charge is 0.383 e. The first-order chi connectivity index (χ1) is 15.0. The quantitative estimate of drug-likeness (QED) is 0.660. The number of piperazine rings is 1. The second-order valence-electron chi connectivity index (χ2n) is 8.57. The van der Waals surface area contributed by atoms with Gasteiger partial charge in [0.2, 0.25) is 5.91 Å². The molecule has 4 rings (SSSR count). The molecule has 3 aliphatic rings. The van der Waals surface area contributed by atoms with Crippen LogP contribution < -0.4 is 11.1 Å². The van der Waals surface area contributed by atoms with E-state index in [1.165, 1.54) is 16.0 Å². The predicted molar refractivity (Wildman–Crippen MR) is 106 cm³/mol. The van der Waals surface area contributed by atoms with Crippen molar-refractivity contribution in [2.45, 2.75) is 37.9 Å². The number of carbonyl (C=O) groups excluding carboxylic acids is 3. The normalized spacial score (nSPS) is 22.8. The number of nitrogens with one attached hydrogen (secondary N) is 1. The van der Waals surface area contributed by atoms with Gasteiger partial charge < -0.3 is 25.6 Å². The molecule has 2 saturated heterocycles. The number of nitrogens with zero attached hydrogens (tertiary/aromatic N) is 3. The number of carbonyl (C=O) groups is 3. The third kappa shape index (κ3) is 3.87. The zero-order valence-corrected chi connectivity index (χ0v) is 17.4. The van der Waals surface area contributed by atoms with Crippen molar-refractivity contribution >= 4 is 29.2 Å². The molecule has 3 heterocycles. The van der Waals surface area contributed by atoms with Gasteiger partial charge in [-0.15, -0.1) is 0 Å². The van der Waals surface area contributed by atoms with E-state index >= 15 is 0 Å².